The van der Waals surface area contributed by atoms with Gasteiger partial charge in [-0.15, -0.1) is 0 Å². The van der Waals surface area contributed by atoms with E-state index in [0.717, 1.165) is 11.1 Å². The topological polar surface area (TPSA) is 91.7 Å². The predicted octanol–water partition coefficient (Wildman–Crippen LogP) is 2.79. The molecule has 5 heteroatoms. The maximum Gasteiger partial charge on any atom is 0.185 e. The van der Waals surface area contributed by atoms with Gasteiger partial charge < -0.3 is 10.2 Å². The lowest BCUT2D eigenvalue weighted by Crippen LogP contribution is -2.52. The molecule has 26 heavy (non-hydrogen) atoms. The summed E-state index contributed by atoms with van der Waals surface area (Å²) < 4.78 is 0. The van der Waals surface area contributed by atoms with Gasteiger partial charge in [-0.05, 0) is 46.5 Å². The molecule has 2 N–H and O–H groups in total. The van der Waals surface area contributed by atoms with Gasteiger partial charge in [-0.1, -0.05) is 37.1 Å². The molecule has 0 bridgehead atoms. The molecule has 1 aliphatic carbocycles. The third-order valence-corrected chi connectivity index (χ3v) is 4.77. The van der Waals surface area contributed by atoms with Crippen LogP contribution in [0.3, 0.4) is 0 Å². The zero-order valence-corrected chi connectivity index (χ0v) is 16.7. The molecule has 0 aliphatic heterocycles. The van der Waals surface area contributed by atoms with E-state index in [4.69, 9.17) is 0 Å². The van der Waals surface area contributed by atoms with Crippen molar-refractivity contribution in [1.29, 1.82) is 0 Å². The minimum absolute atomic E-state index is 0.00335. The van der Waals surface area contributed by atoms with Gasteiger partial charge in [0.2, 0.25) is 0 Å². The van der Waals surface area contributed by atoms with Gasteiger partial charge in [-0.2, -0.15) is 0 Å². The van der Waals surface area contributed by atoms with Gasteiger partial charge in [0.25, 0.3) is 0 Å². The Morgan fingerprint density at radius 1 is 1.12 bits per heavy atom. The first-order valence-corrected chi connectivity index (χ1v) is 9.20. The number of allylic oxidation sites excluding steroid dienone is 3. The lowest BCUT2D eigenvalue weighted by molar-refractivity contribution is -0.155. The van der Waals surface area contributed by atoms with Crippen molar-refractivity contribution >= 4 is 17.3 Å². The number of hydrogen-bond donors (Lipinski definition) is 2. The molecule has 1 aliphatic rings. The van der Waals surface area contributed by atoms with Crippen LogP contribution in [0.25, 0.3) is 0 Å². The lowest BCUT2D eigenvalue weighted by atomic mass is 9.80. The first kappa shape index (κ1) is 22.5. The molecule has 4 atom stereocenters. The van der Waals surface area contributed by atoms with E-state index < -0.39 is 40.9 Å². The highest BCUT2D eigenvalue weighted by molar-refractivity contribution is 6.27. The summed E-state index contributed by atoms with van der Waals surface area (Å²) in [5, 5.41) is 21.7. The fourth-order valence-corrected chi connectivity index (χ4v) is 3.35. The Bertz CT molecular complexity index is 620. The number of Topliss-reactive ketones (excluding diaryl/α,β-unsaturated/α-hetero) is 3. The Morgan fingerprint density at radius 3 is 2.12 bits per heavy atom. The van der Waals surface area contributed by atoms with Crippen LogP contribution in [0.4, 0.5) is 0 Å². The number of rotatable bonds is 8. The number of ketones is 3. The number of carbonyl (C=O) groups excluding carboxylic acids is 3. The zero-order chi connectivity index (χ0) is 20.2. The quantitative estimate of drug-likeness (QED) is 0.510. The van der Waals surface area contributed by atoms with E-state index in [-0.39, 0.29) is 25.2 Å². The molecule has 2 unspecified atom stereocenters. The Hall–Kier alpha value is -1.59. The van der Waals surface area contributed by atoms with E-state index in [1.54, 1.807) is 12.2 Å². The Labute approximate surface area is 156 Å². The third kappa shape index (κ3) is 4.77. The fraction of sp³-hybridized carbons (Fsp3) is 0.667. The SMILES string of the molecule is CC(C)=CCC(O)[C@@]1(O)C(=O)C(C(=O)CC(C)C)C(=O)[C@H]1CC=C(C)C. The second-order valence-corrected chi connectivity index (χ2v) is 8.19. The number of aliphatic hydroxyl groups is 2. The van der Waals surface area contributed by atoms with Crippen molar-refractivity contribution in [2.45, 2.75) is 72.5 Å². The highest BCUT2D eigenvalue weighted by Crippen LogP contribution is 2.41. The van der Waals surface area contributed by atoms with Crippen LogP contribution < -0.4 is 0 Å². The standard InChI is InChI=1S/C21H32O5/c1-12(2)7-9-15-19(24)18(16(22)11-14(5)6)20(25)21(15,26)17(23)10-8-13(3)4/h7-8,14-15,17-18,23,26H,9-11H2,1-6H3/t15-,17?,18?,21-/m1/s1. The molecule has 0 heterocycles. The van der Waals surface area contributed by atoms with Crippen LogP contribution in [0.2, 0.25) is 0 Å². The molecule has 1 fully saturated rings. The predicted molar refractivity (Wildman–Crippen MR) is 101 cm³/mol. The molecule has 146 valence electrons. The second-order valence-electron chi connectivity index (χ2n) is 8.19. The van der Waals surface area contributed by atoms with Crippen molar-refractivity contribution in [3.8, 4) is 0 Å². The smallest absolute Gasteiger partial charge is 0.185 e. The lowest BCUT2D eigenvalue weighted by Gasteiger charge is -2.31. The summed E-state index contributed by atoms with van der Waals surface area (Å²) in [6, 6.07) is 0. The Kier molecular flexibility index (Phi) is 7.66. The Balaban J connectivity index is 3.30. The summed E-state index contributed by atoms with van der Waals surface area (Å²) in [6.45, 7) is 11.0. The minimum atomic E-state index is -2.23. The van der Waals surface area contributed by atoms with E-state index in [1.165, 1.54) is 0 Å². The van der Waals surface area contributed by atoms with Gasteiger partial charge in [-0.3, -0.25) is 14.4 Å². The first-order chi connectivity index (χ1) is 11.9. The van der Waals surface area contributed by atoms with Crippen LogP contribution in [0.1, 0.15) is 60.8 Å². The van der Waals surface area contributed by atoms with Gasteiger partial charge >= 0.3 is 0 Å². The Morgan fingerprint density at radius 2 is 1.65 bits per heavy atom. The zero-order valence-electron chi connectivity index (χ0n) is 16.7. The van der Waals surface area contributed by atoms with E-state index in [9.17, 15) is 24.6 Å². The number of carbonyl (C=O) groups is 3. The van der Waals surface area contributed by atoms with Crippen molar-refractivity contribution in [3.63, 3.8) is 0 Å². The van der Waals surface area contributed by atoms with Gasteiger partial charge in [0, 0.05) is 6.42 Å². The first-order valence-electron chi connectivity index (χ1n) is 9.20. The van der Waals surface area contributed by atoms with E-state index in [1.807, 2.05) is 41.5 Å². The highest BCUT2D eigenvalue weighted by Gasteiger charge is 2.63. The van der Waals surface area contributed by atoms with Crippen molar-refractivity contribution in [1.82, 2.24) is 0 Å². The van der Waals surface area contributed by atoms with Gasteiger partial charge in [-0.25, -0.2) is 0 Å². The summed E-state index contributed by atoms with van der Waals surface area (Å²) in [5.41, 5.74) is -0.368. The van der Waals surface area contributed by atoms with Crippen LogP contribution in [0, 0.1) is 17.8 Å². The van der Waals surface area contributed by atoms with E-state index in [2.05, 4.69) is 0 Å². The number of hydrogen-bond acceptors (Lipinski definition) is 5. The van der Waals surface area contributed by atoms with Crippen molar-refractivity contribution < 1.29 is 24.6 Å². The van der Waals surface area contributed by atoms with E-state index in [0.29, 0.717) is 0 Å². The molecule has 0 amide bonds. The summed E-state index contributed by atoms with van der Waals surface area (Å²) in [4.78, 5) is 38.2. The maximum absolute atomic E-state index is 12.9. The van der Waals surface area contributed by atoms with Crippen molar-refractivity contribution in [3.05, 3.63) is 23.3 Å². The average Bonchev–Trinajstić information content (AvgIpc) is 2.69. The summed E-state index contributed by atoms with van der Waals surface area (Å²) in [6.07, 6.45) is 2.30. The van der Waals surface area contributed by atoms with Gasteiger partial charge in [0.1, 0.15) is 5.92 Å². The average molecular weight is 364 g/mol. The van der Waals surface area contributed by atoms with Crippen LogP contribution in [0.5, 0.6) is 0 Å². The summed E-state index contributed by atoms with van der Waals surface area (Å²) in [5.74, 6) is -4.47. The van der Waals surface area contributed by atoms with Gasteiger partial charge in [0.15, 0.2) is 23.0 Å². The molecular formula is C21H32O5. The molecular weight excluding hydrogens is 332 g/mol. The molecule has 0 aromatic carbocycles. The molecule has 0 aromatic heterocycles. The van der Waals surface area contributed by atoms with Crippen LogP contribution in [-0.2, 0) is 14.4 Å². The third-order valence-electron chi connectivity index (χ3n) is 4.77. The molecule has 0 radical (unpaired) electrons. The fourth-order valence-electron chi connectivity index (χ4n) is 3.35. The minimum Gasteiger partial charge on any atom is -0.389 e. The second kappa shape index (κ2) is 8.87. The summed E-state index contributed by atoms with van der Waals surface area (Å²) in [7, 11) is 0. The summed E-state index contributed by atoms with van der Waals surface area (Å²) >= 11 is 0. The maximum atomic E-state index is 12.9. The molecule has 1 saturated carbocycles. The van der Waals surface area contributed by atoms with Crippen LogP contribution in [-0.4, -0.2) is 39.3 Å². The molecule has 1 rings (SSSR count). The van der Waals surface area contributed by atoms with Crippen molar-refractivity contribution in [2.75, 3.05) is 0 Å². The van der Waals surface area contributed by atoms with Crippen LogP contribution >= 0.6 is 0 Å². The number of aliphatic hydroxyl groups excluding tert-OH is 1. The normalized spacial score (nSPS) is 26.8. The largest absolute Gasteiger partial charge is 0.389 e. The van der Waals surface area contributed by atoms with E-state index >= 15 is 0 Å². The van der Waals surface area contributed by atoms with Crippen LogP contribution in [0.15, 0.2) is 23.3 Å². The van der Waals surface area contributed by atoms with Crippen molar-refractivity contribution in [2.24, 2.45) is 17.8 Å². The monoisotopic (exact) mass is 364 g/mol. The molecule has 5 nitrogen and oxygen atoms in total. The molecule has 0 aromatic rings. The molecule has 0 saturated heterocycles. The highest BCUT2D eigenvalue weighted by atomic mass is 16.4. The molecule has 0 spiro atoms. The van der Waals surface area contributed by atoms with Gasteiger partial charge in [0.05, 0.1) is 12.0 Å².